The SMILES string of the molecule is CC12CCC=CC1SC1=C2C=CCC1N(C1=CC=CC2OC3=C(C=CCC3)C12)C1CCc2c(c3c(n2-c2ccccc2)CC(C2CCCCC2)CC3)C1. The van der Waals surface area contributed by atoms with E-state index in [4.69, 9.17) is 4.74 Å². The number of fused-ring (bicyclic) bond motifs is 7. The fraction of sp³-hybridized carbons (Fsp3) is 0.510. The molecule has 9 aliphatic rings. The maximum Gasteiger partial charge on any atom is 0.129 e. The monoisotopic (exact) mass is 720 g/mol. The molecule has 274 valence electrons. The zero-order valence-electron chi connectivity index (χ0n) is 31.6. The summed E-state index contributed by atoms with van der Waals surface area (Å²) in [7, 11) is 0. The molecule has 1 aromatic heterocycles. The molecule has 1 aromatic carbocycles. The van der Waals surface area contributed by atoms with Crippen LogP contribution in [0.1, 0.15) is 106 Å². The van der Waals surface area contributed by atoms with Gasteiger partial charge in [-0.05, 0) is 117 Å². The number of benzene rings is 1. The van der Waals surface area contributed by atoms with Gasteiger partial charge < -0.3 is 14.2 Å². The second-order valence-electron chi connectivity index (χ2n) is 17.9. The van der Waals surface area contributed by atoms with Crippen LogP contribution in [0.25, 0.3) is 5.69 Å². The molecule has 7 atom stereocenters. The van der Waals surface area contributed by atoms with Gasteiger partial charge in [-0.2, -0.15) is 0 Å². The van der Waals surface area contributed by atoms with Gasteiger partial charge in [-0.3, -0.25) is 0 Å². The van der Waals surface area contributed by atoms with E-state index in [0.29, 0.717) is 17.3 Å². The van der Waals surface area contributed by atoms with Gasteiger partial charge in [-0.25, -0.2) is 0 Å². The Kier molecular flexibility index (Phi) is 8.18. The second-order valence-corrected chi connectivity index (χ2v) is 19.1. The molecule has 4 heteroatoms. The molecule has 1 saturated carbocycles. The summed E-state index contributed by atoms with van der Waals surface area (Å²) in [6, 6.07) is 12.3. The minimum Gasteiger partial charge on any atom is -0.489 e. The van der Waals surface area contributed by atoms with Crippen molar-refractivity contribution in [2.75, 3.05) is 0 Å². The molecular weight excluding hydrogens is 665 g/mol. The minimum absolute atomic E-state index is 0.111. The summed E-state index contributed by atoms with van der Waals surface area (Å²) in [6.45, 7) is 2.56. The van der Waals surface area contributed by atoms with Crippen LogP contribution in [0.2, 0.25) is 0 Å². The maximum atomic E-state index is 6.78. The van der Waals surface area contributed by atoms with Crippen LogP contribution >= 0.6 is 11.8 Å². The van der Waals surface area contributed by atoms with Crippen molar-refractivity contribution in [2.24, 2.45) is 23.2 Å². The van der Waals surface area contributed by atoms with Crippen molar-refractivity contribution in [3.8, 4) is 5.69 Å². The molecule has 53 heavy (non-hydrogen) atoms. The standard InChI is InChI=1S/C49H56N2OS/c1-49-29-11-10-24-46(49)53-48-39(49)19-12-21-42(48)51(41-20-13-23-45-47(41)37-18-8-9-22-44(37)52-45)35-26-28-40-38(31-35)36-27-25-33(32-14-4-2-5-15-32)30-43(36)50(40)34-16-6-3-7-17-34/h3,6-8,10,12-13,16-20,23-24,32-33,35,42,45-47H,2,4-5,9,11,14-15,21-22,25-31H2,1H3. The minimum atomic E-state index is 0.111. The number of ether oxygens (including phenoxy) is 1. The van der Waals surface area contributed by atoms with E-state index in [1.807, 2.05) is 0 Å². The Balaban J connectivity index is 1.02. The lowest BCUT2D eigenvalue weighted by Gasteiger charge is -2.47. The van der Waals surface area contributed by atoms with Crippen LogP contribution in [0.15, 0.2) is 113 Å². The zero-order valence-corrected chi connectivity index (χ0v) is 32.5. The summed E-state index contributed by atoms with van der Waals surface area (Å²) in [5.41, 5.74) is 12.9. The van der Waals surface area contributed by atoms with Crippen molar-refractivity contribution < 1.29 is 4.74 Å². The molecule has 2 aliphatic heterocycles. The summed E-state index contributed by atoms with van der Waals surface area (Å²) in [6.07, 6.45) is 42.5. The van der Waals surface area contributed by atoms with Gasteiger partial charge in [0.1, 0.15) is 11.9 Å². The van der Waals surface area contributed by atoms with Gasteiger partial charge in [0, 0.05) is 56.4 Å². The van der Waals surface area contributed by atoms with E-state index in [9.17, 15) is 0 Å². The fourth-order valence-corrected chi connectivity index (χ4v) is 14.3. The van der Waals surface area contributed by atoms with Gasteiger partial charge in [0.15, 0.2) is 0 Å². The van der Waals surface area contributed by atoms with E-state index in [1.54, 1.807) is 33.0 Å². The predicted molar refractivity (Wildman–Crippen MR) is 219 cm³/mol. The van der Waals surface area contributed by atoms with Crippen LogP contribution in [0.5, 0.6) is 0 Å². The Labute approximate surface area is 321 Å². The van der Waals surface area contributed by atoms with Crippen molar-refractivity contribution in [1.29, 1.82) is 0 Å². The molecule has 0 saturated heterocycles. The molecule has 0 bridgehead atoms. The number of thioether (sulfide) groups is 1. The normalized spacial score (nSPS) is 34.2. The first kappa shape index (κ1) is 33.0. The Hall–Kier alpha value is -3.37. The predicted octanol–water partition coefficient (Wildman–Crippen LogP) is 11.4. The van der Waals surface area contributed by atoms with Gasteiger partial charge in [0.05, 0.1) is 12.0 Å². The number of hydrogen-bond donors (Lipinski definition) is 0. The maximum absolute atomic E-state index is 6.78. The van der Waals surface area contributed by atoms with E-state index in [1.165, 1.54) is 93.3 Å². The summed E-state index contributed by atoms with van der Waals surface area (Å²) in [4.78, 5) is 4.68. The first-order chi connectivity index (χ1) is 26.2. The number of rotatable bonds is 5. The van der Waals surface area contributed by atoms with Crippen molar-refractivity contribution in [2.45, 2.75) is 133 Å². The number of allylic oxidation sites excluding steroid dienone is 8. The topological polar surface area (TPSA) is 17.4 Å². The molecule has 3 heterocycles. The third kappa shape index (κ3) is 5.27. The molecule has 0 N–H and O–H groups in total. The van der Waals surface area contributed by atoms with Gasteiger partial charge >= 0.3 is 0 Å². The summed E-state index contributed by atoms with van der Waals surface area (Å²) in [5, 5.41) is 0.550. The van der Waals surface area contributed by atoms with E-state index in [-0.39, 0.29) is 17.4 Å². The van der Waals surface area contributed by atoms with Crippen molar-refractivity contribution in [3.63, 3.8) is 0 Å². The summed E-state index contributed by atoms with van der Waals surface area (Å²) >= 11 is 2.21. The highest BCUT2D eigenvalue weighted by atomic mass is 32.2. The molecule has 7 unspecified atom stereocenters. The molecular formula is C49H56N2OS. The van der Waals surface area contributed by atoms with E-state index in [0.717, 1.165) is 43.9 Å². The third-order valence-corrected chi connectivity index (χ3v) is 16.8. The highest BCUT2D eigenvalue weighted by Gasteiger charge is 2.51. The highest BCUT2D eigenvalue weighted by Crippen LogP contribution is 2.60. The van der Waals surface area contributed by atoms with Crippen molar-refractivity contribution >= 4 is 11.8 Å². The molecule has 11 rings (SSSR count). The molecule has 0 radical (unpaired) electrons. The molecule has 3 nitrogen and oxygen atoms in total. The average molecular weight is 721 g/mol. The van der Waals surface area contributed by atoms with Crippen LogP contribution < -0.4 is 0 Å². The highest BCUT2D eigenvalue weighted by molar-refractivity contribution is 8.04. The molecule has 0 spiro atoms. The molecule has 1 fully saturated rings. The van der Waals surface area contributed by atoms with Crippen LogP contribution in [0, 0.1) is 23.2 Å². The molecule has 0 amide bonds. The van der Waals surface area contributed by atoms with Crippen molar-refractivity contribution in [3.05, 3.63) is 135 Å². The number of para-hydroxylation sites is 1. The smallest absolute Gasteiger partial charge is 0.129 e. The number of nitrogens with zero attached hydrogens (tertiary/aromatic N) is 2. The molecule has 7 aliphatic carbocycles. The average Bonchev–Trinajstić information content (AvgIpc) is 3.86. The lowest BCUT2D eigenvalue weighted by atomic mass is 9.71. The fourth-order valence-electron chi connectivity index (χ4n) is 12.6. The Morgan fingerprint density at radius 2 is 1.74 bits per heavy atom. The first-order valence-corrected chi connectivity index (χ1v) is 22.3. The lowest BCUT2D eigenvalue weighted by molar-refractivity contribution is 0.120. The number of hydrogen-bond acceptors (Lipinski definition) is 3. The summed E-state index contributed by atoms with van der Waals surface area (Å²) < 4.78 is 9.56. The Bertz CT molecular complexity index is 2010. The lowest BCUT2D eigenvalue weighted by Crippen LogP contribution is -2.49. The van der Waals surface area contributed by atoms with Crippen LogP contribution in [-0.4, -0.2) is 32.9 Å². The quantitative estimate of drug-likeness (QED) is 0.286. The van der Waals surface area contributed by atoms with Crippen LogP contribution in [-0.2, 0) is 30.4 Å². The first-order valence-electron chi connectivity index (χ1n) is 21.4. The van der Waals surface area contributed by atoms with Crippen LogP contribution in [0.4, 0.5) is 0 Å². The van der Waals surface area contributed by atoms with E-state index >= 15 is 0 Å². The number of aromatic nitrogens is 1. The third-order valence-electron chi connectivity index (χ3n) is 15.2. The largest absolute Gasteiger partial charge is 0.489 e. The van der Waals surface area contributed by atoms with Gasteiger partial charge in [0.2, 0.25) is 0 Å². The van der Waals surface area contributed by atoms with Gasteiger partial charge in [0.25, 0.3) is 0 Å². The van der Waals surface area contributed by atoms with Gasteiger partial charge in [-0.15, -0.1) is 11.8 Å². The van der Waals surface area contributed by atoms with Crippen molar-refractivity contribution in [1.82, 2.24) is 9.47 Å². The zero-order chi connectivity index (χ0) is 35.1. The Morgan fingerprint density at radius 1 is 0.830 bits per heavy atom. The molecule has 2 aromatic rings. The van der Waals surface area contributed by atoms with E-state index < -0.39 is 0 Å². The second kappa shape index (κ2) is 13.1. The van der Waals surface area contributed by atoms with Gasteiger partial charge in [-0.1, -0.05) is 99.8 Å². The van der Waals surface area contributed by atoms with E-state index in [2.05, 4.69) is 113 Å². The Morgan fingerprint density at radius 3 is 2.64 bits per heavy atom. The summed E-state index contributed by atoms with van der Waals surface area (Å²) in [5.74, 6) is 3.29. The van der Waals surface area contributed by atoms with Crippen LogP contribution in [0.3, 0.4) is 0 Å².